The molecular weight excluding hydrogens is 164 g/mol. The first-order valence-electron chi connectivity index (χ1n) is 4.35. The highest BCUT2D eigenvalue weighted by Gasteiger charge is 2.28. The van der Waals surface area contributed by atoms with E-state index in [1.807, 2.05) is 26.8 Å². The lowest BCUT2D eigenvalue weighted by atomic mass is 9.85. The molecule has 0 spiro atoms. The van der Waals surface area contributed by atoms with Crippen LogP contribution in [0, 0.1) is 12.3 Å². The lowest BCUT2D eigenvalue weighted by Crippen LogP contribution is -2.18. The average Bonchev–Trinajstić information content (AvgIpc) is 2.50. The fourth-order valence-electron chi connectivity index (χ4n) is 1.08. The molecule has 1 atom stereocenters. The Bertz CT molecular complexity index is 297. The Balaban J connectivity index is 2.90. The first kappa shape index (κ1) is 10.1. The summed E-state index contributed by atoms with van der Waals surface area (Å²) in [7, 11) is 0. The van der Waals surface area contributed by atoms with Crippen LogP contribution >= 0.6 is 0 Å². The second-order valence-corrected chi connectivity index (χ2v) is 3.88. The lowest BCUT2D eigenvalue weighted by molar-refractivity contribution is 0.0607. The van der Waals surface area contributed by atoms with Crippen molar-refractivity contribution < 1.29 is 9.52 Å². The molecule has 0 aromatic carbocycles. The molecule has 0 unspecified atom stereocenters. The molecule has 2 nitrogen and oxygen atoms in total. The van der Waals surface area contributed by atoms with Crippen LogP contribution in [0.2, 0.25) is 0 Å². The number of aliphatic hydroxyl groups excluding tert-OH is 1. The Kier molecular flexibility index (Phi) is 2.62. The van der Waals surface area contributed by atoms with Gasteiger partial charge in [-0.1, -0.05) is 19.9 Å². The van der Waals surface area contributed by atoms with Crippen molar-refractivity contribution in [2.45, 2.75) is 26.9 Å². The normalized spacial score (nSPS) is 14.2. The van der Waals surface area contributed by atoms with Crippen LogP contribution in [0.1, 0.15) is 31.5 Å². The minimum atomic E-state index is -0.626. The van der Waals surface area contributed by atoms with Gasteiger partial charge >= 0.3 is 0 Å². The molecule has 0 aliphatic rings. The van der Waals surface area contributed by atoms with Gasteiger partial charge in [0.05, 0.1) is 0 Å². The van der Waals surface area contributed by atoms with Gasteiger partial charge in [-0.3, -0.25) is 0 Å². The molecule has 1 rings (SSSR count). The van der Waals surface area contributed by atoms with E-state index in [4.69, 9.17) is 4.42 Å². The molecule has 0 radical (unpaired) electrons. The van der Waals surface area contributed by atoms with Crippen LogP contribution in [0.3, 0.4) is 0 Å². The summed E-state index contributed by atoms with van der Waals surface area (Å²) in [5.74, 6) is 1.41. The fraction of sp³-hybridized carbons (Fsp3) is 0.455. The van der Waals surface area contributed by atoms with Crippen LogP contribution in [-0.2, 0) is 0 Å². The SMILES string of the molecule is C=CC(C)(C)[C@@H](O)c1ccc(C)o1. The van der Waals surface area contributed by atoms with Gasteiger partial charge < -0.3 is 9.52 Å². The van der Waals surface area contributed by atoms with Gasteiger partial charge in [0.25, 0.3) is 0 Å². The number of furan rings is 1. The summed E-state index contributed by atoms with van der Waals surface area (Å²) in [5, 5.41) is 9.90. The second kappa shape index (κ2) is 3.38. The molecule has 0 saturated carbocycles. The molecular formula is C11H16O2. The van der Waals surface area contributed by atoms with Crippen LogP contribution < -0.4 is 0 Å². The molecule has 13 heavy (non-hydrogen) atoms. The summed E-state index contributed by atoms with van der Waals surface area (Å²) in [6, 6.07) is 3.64. The molecule has 0 saturated heterocycles. The summed E-state index contributed by atoms with van der Waals surface area (Å²) in [5.41, 5.74) is -0.357. The maximum absolute atomic E-state index is 9.90. The second-order valence-electron chi connectivity index (χ2n) is 3.88. The van der Waals surface area contributed by atoms with E-state index in [9.17, 15) is 5.11 Å². The molecule has 1 aromatic heterocycles. The largest absolute Gasteiger partial charge is 0.464 e. The minimum absolute atomic E-state index is 0.357. The summed E-state index contributed by atoms with van der Waals surface area (Å²) >= 11 is 0. The number of hydrogen-bond acceptors (Lipinski definition) is 2. The van der Waals surface area contributed by atoms with Crippen molar-refractivity contribution in [2.24, 2.45) is 5.41 Å². The highest BCUT2D eigenvalue weighted by atomic mass is 16.4. The van der Waals surface area contributed by atoms with Crippen molar-refractivity contribution in [2.75, 3.05) is 0 Å². The third-order valence-electron chi connectivity index (χ3n) is 2.26. The molecule has 0 fully saturated rings. The van der Waals surface area contributed by atoms with Gasteiger partial charge in [-0.15, -0.1) is 6.58 Å². The predicted molar refractivity (Wildman–Crippen MR) is 52.4 cm³/mol. The maximum atomic E-state index is 9.90. The van der Waals surface area contributed by atoms with Crippen LogP contribution in [0.5, 0.6) is 0 Å². The van der Waals surface area contributed by atoms with Gasteiger partial charge in [-0.05, 0) is 19.1 Å². The van der Waals surface area contributed by atoms with E-state index in [-0.39, 0.29) is 5.41 Å². The van der Waals surface area contributed by atoms with Crippen LogP contribution in [-0.4, -0.2) is 5.11 Å². The number of hydrogen-bond donors (Lipinski definition) is 1. The zero-order chi connectivity index (χ0) is 10.1. The first-order chi connectivity index (χ1) is 5.97. The summed E-state index contributed by atoms with van der Waals surface area (Å²) in [6.45, 7) is 9.38. The van der Waals surface area contributed by atoms with Gasteiger partial charge in [-0.2, -0.15) is 0 Å². The van der Waals surface area contributed by atoms with Crippen molar-refractivity contribution in [3.8, 4) is 0 Å². The van der Waals surface area contributed by atoms with E-state index in [1.165, 1.54) is 0 Å². The molecule has 72 valence electrons. The van der Waals surface area contributed by atoms with Crippen molar-refractivity contribution in [3.63, 3.8) is 0 Å². The average molecular weight is 180 g/mol. The molecule has 0 bridgehead atoms. The van der Waals surface area contributed by atoms with E-state index in [0.717, 1.165) is 5.76 Å². The Labute approximate surface area is 78.9 Å². The zero-order valence-electron chi connectivity index (χ0n) is 8.37. The molecule has 1 N–H and O–H groups in total. The smallest absolute Gasteiger partial charge is 0.133 e. The molecule has 1 heterocycles. The minimum Gasteiger partial charge on any atom is -0.464 e. The van der Waals surface area contributed by atoms with Crippen molar-refractivity contribution in [1.29, 1.82) is 0 Å². The van der Waals surface area contributed by atoms with E-state index in [2.05, 4.69) is 6.58 Å². The summed E-state index contributed by atoms with van der Waals surface area (Å²) in [6.07, 6.45) is 1.11. The van der Waals surface area contributed by atoms with Crippen LogP contribution in [0.25, 0.3) is 0 Å². The van der Waals surface area contributed by atoms with Crippen LogP contribution in [0.4, 0.5) is 0 Å². The van der Waals surface area contributed by atoms with Crippen molar-refractivity contribution in [1.82, 2.24) is 0 Å². The van der Waals surface area contributed by atoms with E-state index >= 15 is 0 Å². The number of aliphatic hydroxyl groups is 1. The van der Waals surface area contributed by atoms with E-state index < -0.39 is 6.10 Å². The standard InChI is InChI=1S/C11H16O2/c1-5-11(3,4)10(12)9-7-6-8(2)13-9/h5-7,10,12H,1H2,2-4H3/t10-/m0/s1. The Morgan fingerprint density at radius 1 is 1.54 bits per heavy atom. The topological polar surface area (TPSA) is 33.4 Å². The van der Waals surface area contributed by atoms with Crippen LogP contribution in [0.15, 0.2) is 29.2 Å². The van der Waals surface area contributed by atoms with Crippen molar-refractivity contribution >= 4 is 0 Å². The molecule has 0 aliphatic heterocycles. The molecule has 2 heteroatoms. The fourth-order valence-corrected chi connectivity index (χ4v) is 1.08. The molecule has 0 aliphatic carbocycles. The molecule has 1 aromatic rings. The third kappa shape index (κ3) is 2.01. The third-order valence-corrected chi connectivity index (χ3v) is 2.26. The van der Waals surface area contributed by atoms with Gasteiger partial charge in [0.15, 0.2) is 0 Å². The first-order valence-corrected chi connectivity index (χ1v) is 4.35. The lowest BCUT2D eigenvalue weighted by Gasteiger charge is -2.24. The van der Waals surface area contributed by atoms with E-state index in [0.29, 0.717) is 5.76 Å². The highest BCUT2D eigenvalue weighted by Crippen LogP contribution is 2.34. The summed E-state index contributed by atoms with van der Waals surface area (Å²) < 4.78 is 5.34. The maximum Gasteiger partial charge on any atom is 0.133 e. The Morgan fingerprint density at radius 2 is 2.15 bits per heavy atom. The molecule has 0 amide bonds. The van der Waals surface area contributed by atoms with Crippen molar-refractivity contribution in [3.05, 3.63) is 36.3 Å². The highest BCUT2D eigenvalue weighted by molar-refractivity contribution is 5.12. The van der Waals surface area contributed by atoms with Gasteiger partial charge in [0, 0.05) is 5.41 Å². The van der Waals surface area contributed by atoms with Gasteiger partial charge in [0.2, 0.25) is 0 Å². The van der Waals surface area contributed by atoms with Gasteiger partial charge in [-0.25, -0.2) is 0 Å². The zero-order valence-corrected chi connectivity index (χ0v) is 8.37. The predicted octanol–water partition coefficient (Wildman–Crippen LogP) is 2.83. The Morgan fingerprint density at radius 3 is 2.54 bits per heavy atom. The summed E-state index contributed by atoms with van der Waals surface area (Å²) in [4.78, 5) is 0. The quantitative estimate of drug-likeness (QED) is 0.725. The monoisotopic (exact) mass is 180 g/mol. The Hall–Kier alpha value is -1.02. The van der Waals surface area contributed by atoms with E-state index in [1.54, 1.807) is 12.1 Å². The number of aryl methyl sites for hydroxylation is 1. The van der Waals surface area contributed by atoms with Gasteiger partial charge in [0.1, 0.15) is 17.6 Å². The number of rotatable bonds is 3.